The maximum absolute atomic E-state index is 13.6. The monoisotopic (exact) mass is 467 g/mol. The van der Waals surface area contributed by atoms with Gasteiger partial charge in [-0.25, -0.2) is 9.38 Å². The normalized spacial score (nSPS) is 12.2. The molecule has 7 heteroatoms. The summed E-state index contributed by atoms with van der Waals surface area (Å²) in [6.07, 6.45) is 1.83. The Hall–Kier alpha value is -1.09. The van der Waals surface area contributed by atoms with Crippen LogP contribution in [0.1, 0.15) is 33.6 Å². The number of hydrogen-bond donors (Lipinski definition) is 2. The zero-order valence-electron chi connectivity index (χ0n) is 15.4. The SMILES string of the molecule is CCNC(=NCC(C)Oc1ccccc1F)NCCCCOCC.I. The number of aliphatic imine (C=N–C) groups is 1. The smallest absolute Gasteiger partial charge is 0.191 e. The lowest BCUT2D eigenvalue weighted by Crippen LogP contribution is -2.38. The Balaban J connectivity index is 0.00000576. The van der Waals surface area contributed by atoms with Crippen LogP contribution in [0.2, 0.25) is 0 Å². The molecule has 1 unspecified atom stereocenters. The van der Waals surface area contributed by atoms with Gasteiger partial charge >= 0.3 is 0 Å². The van der Waals surface area contributed by atoms with E-state index in [4.69, 9.17) is 9.47 Å². The number of unbranched alkanes of at least 4 members (excludes halogenated alkanes) is 1. The van der Waals surface area contributed by atoms with Crippen molar-refractivity contribution in [2.45, 2.75) is 39.7 Å². The van der Waals surface area contributed by atoms with Gasteiger partial charge in [0, 0.05) is 26.3 Å². The number of rotatable bonds is 11. The molecule has 5 nitrogen and oxygen atoms in total. The minimum absolute atomic E-state index is 0. The van der Waals surface area contributed by atoms with Crippen LogP contribution in [-0.4, -0.2) is 44.9 Å². The minimum Gasteiger partial charge on any atom is -0.486 e. The first-order valence-electron chi connectivity index (χ1n) is 8.68. The Labute approximate surface area is 167 Å². The molecule has 144 valence electrons. The molecule has 2 N–H and O–H groups in total. The van der Waals surface area contributed by atoms with Gasteiger partial charge in [-0.3, -0.25) is 0 Å². The molecular formula is C18H31FIN3O2. The molecule has 0 amide bonds. The van der Waals surface area contributed by atoms with Crippen molar-refractivity contribution in [1.29, 1.82) is 0 Å². The topological polar surface area (TPSA) is 54.9 Å². The van der Waals surface area contributed by atoms with Crippen LogP contribution >= 0.6 is 24.0 Å². The Morgan fingerprint density at radius 2 is 1.96 bits per heavy atom. The molecule has 0 fully saturated rings. The second kappa shape index (κ2) is 15.2. The fourth-order valence-corrected chi connectivity index (χ4v) is 2.04. The van der Waals surface area contributed by atoms with Gasteiger partial charge in [0.05, 0.1) is 6.54 Å². The third-order valence-electron chi connectivity index (χ3n) is 3.23. The third-order valence-corrected chi connectivity index (χ3v) is 3.23. The summed E-state index contributed by atoms with van der Waals surface area (Å²) in [6.45, 7) is 9.51. The molecule has 0 saturated heterocycles. The summed E-state index contributed by atoms with van der Waals surface area (Å²) in [7, 11) is 0. The van der Waals surface area contributed by atoms with Crippen molar-refractivity contribution in [2.75, 3.05) is 32.8 Å². The van der Waals surface area contributed by atoms with Gasteiger partial charge in [-0.2, -0.15) is 0 Å². The summed E-state index contributed by atoms with van der Waals surface area (Å²) in [4.78, 5) is 4.49. The molecule has 0 aliphatic heterocycles. The zero-order chi connectivity index (χ0) is 17.6. The predicted molar refractivity (Wildman–Crippen MR) is 112 cm³/mol. The molecular weight excluding hydrogens is 436 g/mol. The first-order chi connectivity index (χ1) is 11.7. The molecule has 1 aromatic rings. The quantitative estimate of drug-likeness (QED) is 0.226. The van der Waals surface area contributed by atoms with Crippen LogP contribution in [0.15, 0.2) is 29.3 Å². The summed E-state index contributed by atoms with van der Waals surface area (Å²) < 4.78 is 24.5. The lowest BCUT2D eigenvalue weighted by atomic mass is 10.3. The molecule has 0 aliphatic carbocycles. The third kappa shape index (κ3) is 11.2. The van der Waals surface area contributed by atoms with E-state index in [-0.39, 0.29) is 41.6 Å². The number of para-hydroxylation sites is 1. The van der Waals surface area contributed by atoms with E-state index in [9.17, 15) is 4.39 Å². The largest absolute Gasteiger partial charge is 0.486 e. The Bertz CT molecular complexity index is 489. The molecule has 0 saturated carbocycles. The summed E-state index contributed by atoms with van der Waals surface area (Å²) in [5, 5.41) is 6.48. The minimum atomic E-state index is -0.354. The fraction of sp³-hybridized carbons (Fsp3) is 0.611. The van der Waals surface area contributed by atoms with E-state index in [2.05, 4.69) is 15.6 Å². The van der Waals surface area contributed by atoms with Crippen LogP contribution in [0.5, 0.6) is 5.75 Å². The fourth-order valence-electron chi connectivity index (χ4n) is 2.04. The van der Waals surface area contributed by atoms with E-state index in [1.54, 1.807) is 18.2 Å². The van der Waals surface area contributed by atoms with Gasteiger partial charge in [0.1, 0.15) is 6.10 Å². The molecule has 0 bridgehead atoms. The number of nitrogens with one attached hydrogen (secondary N) is 2. The number of halogens is 2. The number of nitrogens with zero attached hydrogens (tertiary/aromatic N) is 1. The van der Waals surface area contributed by atoms with Gasteiger partial charge in [0.2, 0.25) is 0 Å². The second-order valence-electron chi connectivity index (χ2n) is 5.41. The molecule has 0 heterocycles. The van der Waals surface area contributed by atoms with Gasteiger partial charge in [0.25, 0.3) is 0 Å². The number of ether oxygens (including phenoxy) is 2. The lowest BCUT2D eigenvalue weighted by Gasteiger charge is -2.15. The van der Waals surface area contributed by atoms with Crippen molar-refractivity contribution in [3.05, 3.63) is 30.1 Å². The number of hydrogen-bond acceptors (Lipinski definition) is 3. The molecule has 1 rings (SSSR count). The van der Waals surface area contributed by atoms with E-state index in [1.165, 1.54) is 6.07 Å². The Morgan fingerprint density at radius 1 is 1.20 bits per heavy atom. The lowest BCUT2D eigenvalue weighted by molar-refractivity contribution is 0.143. The van der Waals surface area contributed by atoms with E-state index in [1.807, 2.05) is 20.8 Å². The van der Waals surface area contributed by atoms with Crippen molar-refractivity contribution in [2.24, 2.45) is 4.99 Å². The summed E-state index contributed by atoms with van der Waals surface area (Å²) >= 11 is 0. The standard InChI is InChI=1S/C18H30FN3O2.HI/c1-4-20-18(21-12-8-9-13-23-5-2)22-14-15(3)24-17-11-7-6-10-16(17)19;/h6-7,10-11,15H,4-5,8-9,12-14H2,1-3H3,(H2,20,21,22);1H. The first kappa shape index (κ1) is 23.9. The highest BCUT2D eigenvalue weighted by atomic mass is 127. The van der Waals surface area contributed by atoms with Crippen molar-refractivity contribution in [1.82, 2.24) is 10.6 Å². The molecule has 25 heavy (non-hydrogen) atoms. The van der Waals surface area contributed by atoms with Gasteiger partial charge in [-0.05, 0) is 45.7 Å². The molecule has 1 atom stereocenters. The van der Waals surface area contributed by atoms with E-state index >= 15 is 0 Å². The summed E-state index contributed by atoms with van der Waals surface area (Å²) in [5.74, 6) is 0.652. The van der Waals surface area contributed by atoms with E-state index < -0.39 is 0 Å². The Kier molecular flexibility index (Phi) is 14.5. The summed E-state index contributed by atoms with van der Waals surface area (Å²) in [6, 6.07) is 6.41. The molecule has 0 aliphatic rings. The number of benzene rings is 1. The highest BCUT2D eigenvalue weighted by Gasteiger charge is 2.08. The van der Waals surface area contributed by atoms with E-state index in [0.29, 0.717) is 6.54 Å². The van der Waals surface area contributed by atoms with Crippen LogP contribution in [0.4, 0.5) is 4.39 Å². The van der Waals surface area contributed by atoms with Gasteiger partial charge in [0.15, 0.2) is 17.5 Å². The van der Waals surface area contributed by atoms with Crippen LogP contribution in [0, 0.1) is 5.82 Å². The molecule has 0 spiro atoms. The van der Waals surface area contributed by atoms with Crippen molar-refractivity contribution in [3.63, 3.8) is 0 Å². The van der Waals surface area contributed by atoms with Crippen LogP contribution in [-0.2, 0) is 4.74 Å². The molecule has 1 aromatic carbocycles. The van der Waals surface area contributed by atoms with Crippen molar-refractivity contribution in [3.8, 4) is 5.75 Å². The molecule has 0 radical (unpaired) electrons. The average molecular weight is 467 g/mol. The van der Waals surface area contributed by atoms with Crippen LogP contribution < -0.4 is 15.4 Å². The van der Waals surface area contributed by atoms with Gasteiger partial charge in [-0.1, -0.05) is 12.1 Å². The second-order valence-corrected chi connectivity index (χ2v) is 5.41. The maximum Gasteiger partial charge on any atom is 0.191 e. The maximum atomic E-state index is 13.6. The summed E-state index contributed by atoms with van der Waals surface area (Å²) in [5.41, 5.74) is 0. The number of guanidine groups is 1. The van der Waals surface area contributed by atoms with Gasteiger partial charge < -0.3 is 20.1 Å². The van der Waals surface area contributed by atoms with Crippen LogP contribution in [0.25, 0.3) is 0 Å². The predicted octanol–water partition coefficient (Wildman–Crippen LogP) is 3.58. The average Bonchev–Trinajstić information content (AvgIpc) is 2.57. The molecule has 0 aromatic heterocycles. The Morgan fingerprint density at radius 3 is 2.64 bits per heavy atom. The highest BCUT2D eigenvalue weighted by Crippen LogP contribution is 2.16. The van der Waals surface area contributed by atoms with Crippen LogP contribution in [0.3, 0.4) is 0 Å². The van der Waals surface area contributed by atoms with E-state index in [0.717, 1.165) is 45.1 Å². The van der Waals surface area contributed by atoms with Gasteiger partial charge in [-0.15, -0.1) is 24.0 Å². The van der Waals surface area contributed by atoms with Crippen molar-refractivity contribution < 1.29 is 13.9 Å². The van der Waals surface area contributed by atoms with Crippen molar-refractivity contribution >= 4 is 29.9 Å². The first-order valence-corrected chi connectivity index (χ1v) is 8.68. The zero-order valence-corrected chi connectivity index (χ0v) is 17.7. The highest BCUT2D eigenvalue weighted by molar-refractivity contribution is 14.0.